The Morgan fingerprint density at radius 3 is 2.77 bits per heavy atom. The zero-order valence-electron chi connectivity index (χ0n) is 12.5. The van der Waals surface area contributed by atoms with E-state index in [2.05, 4.69) is 45.3 Å². The number of fused-ring (bicyclic) bond motifs is 1. The molecule has 0 saturated heterocycles. The van der Waals surface area contributed by atoms with Gasteiger partial charge in [-0.15, -0.1) is 11.3 Å². The molecule has 0 radical (unpaired) electrons. The largest absolute Gasteiger partial charge is 0.302 e. The lowest BCUT2D eigenvalue weighted by atomic mass is 9.72. The molecule has 0 bridgehead atoms. The van der Waals surface area contributed by atoms with Crippen molar-refractivity contribution in [1.82, 2.24) is 14.7 Å². The molecule has 0 aliphatic heterocycles. The average molecular weight is 332 g/mol. The first kappa shape index (κ1) is 14.2. The molecular weight excluding hydrogens is 314 g/mol. The topological polar surface area (TPSA) is 29.3 Å². The van der Waals surface area contributed by atoms with Crippen LogP contribution >= 0.6 is 22.9 Å². The second-order valence-electron chi connectivity index (χ2n) is 6.00. The fraction of sp³-hybridized carbons (Fsp3) is 0.353. The van der Waals surface area contributed by atoms with Gasteiger partial charge in [0, 0.05) is 28.7 Å². The van der Waals surface area contributed by atoms with E-state index >= 15 is 0 Å². The first-order chi connectivity index (χ1) is 10.7. The minimum Gasteiger partial charge on any atom is -0.302 e. The van der Waals surface area contributed by atoms with Gasteiger partial charge in [0.15, 0.2) is 4.96 Å². The molecule has 1 aliphatic carbocycles. The molecule has 2 aromatic heterocycles. The fourth-order valence-corrected chi connectivity index (χ4v) is 4.18. The van der Waals surface area contributed by atoms with Gasteiger partial charge >= 0.3 is 0 Å². The summed E-state index contributed by atoms with van der Waals surface area (Å²) in [6.07, 6.45) is 5.74. The molecule has 3 nitrogen and oxygen atoms in total. The van der Waals surface area contributed by atoms with Gasteiger partial charge < -0.3 is 5.32 Å². The summed E-state index contributed by atoms with van der Waals surface area (Å²) in [5, 5.41) is 6.68. The Morgan fingerprint density at radius 1 is 1.32 bits per heavy atom. The molecule has 3 aromatic rings. The number of halogens is 1. The summed E-state index contributed by atoms with van der Waals surface area (Å²) in [6, 6.07) is 8.27. The van der Waals surface area contributed by atoms with E-state index in [1.165, 1.54) is 30.5 Å². The van der Waals surface area contributed by atoms with Gasteiger partial charge in [-0.25, -0.2) is 4.98 Å². The van der Waals surface area contributed by atoms with E-state index < -0.39 is 0 Å². The molecule has 1 aromatic carbocycles. The van der Waals surface area contributed by atoms with Crippen LogP contribution in [0.25, 0.3) is 4.96 Å². The van der Waals surface area contributed by atoms with Crippen molar-refractivity contribution in [1.29, 1.82) is 0 Å². The number of hydrogen-bond acceptors (Lipinski definition) is 3. The van der Waals surface area contributed by atoms with E-state index in [1.807, 2.05) is 12.1 Å². The standard InChI is InChI=1S/C17H18ClN3S/c1-12-15(21-9-10-22-16(21)20-12)11-19-17(7-2-8-17)13-3-5-14(18)6-4-13/h3-6,9-10,19H,2,7-8,11H2,1H3. The Bertz CT molecular complexity index is 799. The maximum atomic E-state index is 6.02. The molecule has 0 atom stereocenters. The van der Waals surface area contributed by atoms with E-state index in [9.17, 15) is 0 Å². The van der Waals surface area contributed by atoms with Crippen molar-refractivity contribution in [3.05, 3.63) is 57.8 Å². The second kappa shape index (κ2) is 5.37. The molecule has 22 heavy (non-hydrogen) atoms. The van der Waals surface area contributed by atoms with Crippen molar-refractivity contribution < 1.29 is 0 Å². The first-order valence-electron chi connectivity index (χ1n) is 7.60. The summed E-state index contributed by atoms with van der Waals surface area (Å²) < 4.78 is 2.20. The Morgan fingerprint density at radius 2 is 2.09 bits per heavy atom. The summed E-state index contributed by atoms with van der Waals surface area (Å²) >= 11 is 7.71. The van der Waals surface area contributed by atoms with E-state index in [0.717, 1.165) is 22.2 Å². The monoisotopic (exact) mass is 331 g/mol. The highest BCUT2D eigenvalue weighted by molar-refractivity contribution is 7.15. The van der Waals surface area contributed by atoms with Crippen molar-refractivity contribution in [2.24, 2.45) is 0 Å². The lowest BCUT2D eigenvalue weighted by molar-refractivity contribution is 0.182. The van der Waals surface area contributed by atoms with Crippen molar-refractivity contribution in [2.45, 2.75) is 38.3 Å². The first-order valence-corrected chi connectivity index (χ1v) is 8.86. The van der Waals surface area contributed by atoms with Gasteiger partial charge in [0.05, 0.1) is 11.4 Å². The highest BCUT2D eigenvalue weighted by atomic mass is 35.5. The third kappa shape index (κ3) is 2.26. The highest BCUT2D eigenvalue weighted by Gasteiger charge is 2.38. The van der Waals surface area contributed by atoms with Gasteiger partial charge in [-0.05, 0) is 43.9 Å². The quantitative estimate of drug-likeness (QED) is 0.761. The van der Waals surface area contributed by atoms with Crippen LogP contribution < -0.4 is 5.32 Å². The Labute approximate surface area is 139 Å². The smallest absolute Gasteiger partial charge is 0.194 e. The van der Waals surface area contributed by atoms with Crippen LogP contribution in [0, 0.1) is 6.92 Å². The van der Waals surface area contributed by atoms with Crippen molar-refractivity contribution in [3.8, 4) is 0 Å². The number of benzene rings is 1. The molecule has 2 heterocycles. The minimum absolute atomic E-state index is 0.0944. The number of hydrogen-bond donors (Lipinski definition) is 1. The van der Waals surface area contributed by atoms with Crippen LogP contribution in [0.2, 0.25) is 5.02 Å². The fourth-order valence-electron chi connectivity index (χ4n) is 3.27. The number of aryl methyl sites for hydroxylation is 1. The molecule has 114 valence electrons. The molecule has 0 amide bonds. The van der Waals surface area contributed by atoms with Crippen LogP contribution in [0.1, 0.15) is 36.2 Å². The minimum atomic E-state index is 0.0944. The van der Waals surface area contributed by atoms with Gasteiger partial charge in [0.1, 0.15) is 0 Å². The van der Waals surface area contributed by atoms with Gasteiger partial charge in [0.2, 0.25) is 0 Å². The van der Waals surface area contributed by atoms with Gasteiger partial charge in [-0.1, -0.05) is 23.7 Å². The van der Waals surface area contributed by atoms with Crippen molar-refractivity contribution >= 4 is 27.9 Å². The Kier molecular flexibility index (Phi) is 3.48. The van der Waals surface area contributed by atoms with Gasteiger partial charge in [0.25, 0.3) is 0 Å². The molecule has 1 fully saturated rings. The summed E-state index contributed by atoms with van der Waals surface area (Å²) in [4.78, 5) is 5.70. The average Bonchev–Trinajstić information content (AvgIpc) is 3.01. The summed E-state index contributed by atoms with van der Waals surface area (Å²) in [6.45, 7) is 2.93. The molecule has 1 saturated carbocycles. The normalized spacial score (nSPS) is 16.8. The number of rotatable bonds is 4. The van der Waals surface area contributed by atoms with E-state index in [-0.39, 0.29) is 5.54 Å². The summed E-state index contributed by atoms with van der Waals surface area (Å²) in [5.41, 5.74) is 3.81. The predicted molar refractivity (Wildman–Crippen MR) is 91.6 cm³/mol. The van der Waals surface area contributed by atoms with Crippen LogP contribution in [0.4, 0.5) is 0 Å². The molecule has 1 N–H and O–H groups in total. The zero-order chi connectivity index (χ0) is 15.2. The van der Waals surface area contributed by atoms with Crippen LogP contribution in [0.3, 0.4) is 0 Å². The van der Waals surface area contributed by atoms with Gasteiger partial charge in [-0.2, -0.15) is 0 Å². The lowest BCUT2D eigenvalue weighted by Crippen LogP contribution is -2.47. The number of nitrogens with one attached hydrogen (secondary N) is 1. The zero-order valence-corrected chi connectivity index (χ0v) is 14.0. The van der Waals surface area contributed by atoms with Gasteiger partial charge in [-0.3, -0.25) is 4.40 Å². The van der Waals surface area contributed by atoms with Crippen LogP contribution in [0.15, 0.2) is 35.8 Å². The number of aromatic nitrogens is 2. The summed E-state index contributed by atoms with van der Waals surface area (Å²) in [7, 11) is 0. The molecule has 0 unspecified atom stereocenters. The maximum Gasteiger partial charge on any atom is 0.194 e. The molecule has 1 aliphatic rings. The third-order valence-electron chi connectivity index (χ3n) is 4.76. The SMILES string of the molecule is Cc1nc2sccn2c1CNC1(c2ccc(Cl)cc2)CCC1. The lowest BCUT2D eigenvalue weighted by Gasteiger charge is -2.43. The summed E-state index contributed by atoms with van der Waals surface area (Å²) in [5.74, 6) is 0. The van der Waals surface area contributed by atoms with Crippen molar-refractivity contribution in [3.63, 3.8) is 0 Å². The number of imidazole rings is 1. The third-order valence-corrected chi connectivity index (χ3v) is 5.77. The van der Waals surface area contributed by atoms with E-state index in [1.54, 1.807) is 11.3 Å². The molecule has 4 rings (SSSR count). The van der Waals surface area contributed by atoms with Crippen LogP contribution in [0.5, 0.6) is 0 Å². The predicted octanol–water partition coefficient (Wildman–Crippen LogP) is 4.53. The molecule has 5 heteroatoms. The number of nitrogens with zero attached hydrogens (tertiary/aromatic N) is 2. The van der Waals surface area contributed by atoms with Crippen molar-refractivity contribution in [2.75, 3.05) is 0 Å². The number of thiazole rings is 1. The Balaban J connectivity index is 1.60. The highest BCUT2D eigenvalue weighted by Crippen LogP contribution is 2.41. The molecule has 0 spiro atoms. The van der Waals surface area contributed by atoms with Crippen LogP contribution in [-0.2, 0) is 12.1 Å². The Hall–Kier alpha value is -1.36. The van der Waals surface area contributed by atoms with E-state index in [4.69, 9.17) is 11.6 Å². The second-order valence-corrected chi connectivity index (χ2v) is 7.31. The maximum absolute atomic E-state index is 6.02. The molecular formula is C17H18ClN3S. The van der Waals surface area contributed by atoms with E-state index in [0.29, 0.717) is 0 Å². The van der Waals surface area contributed by atoms with Crippen LogP contribution in [-0.4, -0.2) is 9.38 Å².